The highest BCUT2D eigenvalue weighted by Crippen LogP contribution is 2.07. The van der Waals surface area contributed by atoms with E-state index in [-0.39, 0.29) is 13.2 Å². The molecule has 5 nitrogen and oxygen atoms in total. The van der Waals surface area contributed by atoms with Gasteiger partial charge in [-0.2, -0.15) is 5.48 Å². The predicted molar refractivity (Wildman–Crippen MR) is 77.7 cm³/mol. The largest absolute Gasteiger partial charge is 0.491 e. The molecule has 110 valence electrons. The van der Waals surface area contributed by atoms with Gasteiger partial charge in [-0.1, -0.05) is 48.5 Å². The van der Waals surface area contributed by atoms with Crippen LogP contribution in [-0.2, 0) is 16.2 Å². The van der Waals surface area contributed by atoms with Gasteiger partial charge in [0.2, 0.25) is 0 Å². The third kappa shape index (κ3) is 5.97. The van der Waals surface area contributed by atoms with E-state index in [9.17, 15) is 4.79 Å². The molecule has 0 aliphatic carbocycles. The maximum Gasteiger partial charge on any atom is 0.431 e. The number of amides is 1. The minimum atomic E-state index is -0.626. The van der Waals surface area contributed by atoms with Gasteiger partial charge in [0.25, 0.3) is 0 Å². The van der Waals surface area contributed by atoms with Crippen molar-refractivity contribution in [1.29, 1.82) is 0 Å². The predicted octanol–water partition coefficient (Wildman–Crippen LogP) is 2.92. The molecule has 21 heavy (non-hydrogen) atoms. The number of nitrogens with one attached hydrogen (secondary N) is 1. The summed E-state index contributed by atoms with van der Waals surface area (Å²) in [6.07, 6.45) is -0.626. The lowest BCUT2D eigenvalue weighted by Crippen LogP contribution is -2.26. The van der Waals surface area contributed by atoms with E-state index in [1.807, 2.05) is 60.7 Å². The van der Waals surface area contributed by atoms with Gasteiger partial charge in [-0.25, -0.2) is 4.79 Å². The minimum Gasteiger partial charge on any atom is -0.491 e. The number of ether oxygens (including phenoxy) is 2. The van der Waals surface area contributed by atoms with Gasteiger partial charge in [-0.05, 0) is 17.7 Å². The molecule has 0 fully saturated rings. The number of hydrogen-bond acceptors (Lipinski definition) is 4. The van der Waals surface area contributed by atoms with Crippen LogP contribution in [0.2, 0.25) is 0 Å². The molecule has 0 atom stereocenters. The zero-order valence-corrected chi connectivity index (χ0v) is 11.5. The van der Waals surface area contributed by atoms with Crippen molar-refractivity contribution < 1.29 is 19.1 Å². The molecule has 2 aromatic carbocycles. The summed E-state index contributed by atoms with van der Waals surface area (Å²) in [7, 11) is 0. The van der Waals surface area contributed by atoms with Crippen molar-refractivity contribution in [3.8, 4) is 5.75 Å². The maximum absolute atomic E-state index is 11.4. The summed E-state index contributed by atoms with van der Waals surface area (Å²) in [5.74, 6) is 0.757. The maximum atomic E-state index is 11.4. The van der Waals surface area contributed by atoms with Crippen LogP contribution in [0.5, 0.6) is 5.75 Å². The Hall–Kier alpha value is -2.53. The second-order valence-corrected chi connectivity index (χ2v) is 4.17. The van der Waals surface area contributed by atoms with E-state index in [4.69, 9.17) is 14.3 Å². The molecule has 2 aromatic rings. The quantitative estimate of drug-likeness (QED) is 0.628. The highest BCUT2D eigenvalue weighted by atomic mass is 16.7. The van der Waals surface area contributed by atoms with Crippen molar-refractivity contribution in [3.63, 3.8) is 0 Å². The first-order chi connectivity index (χ1) is 10.3. The number of carbonyl (C=O) groups excluding carboxylic acids is 1. The monoisotopic (exact) mass is 287 g/mol. The summed E-state index contributed by atoms with van der Waals surface area (Å²) in [6.45, 7) is 0.773. The van der Waals surface area contributed by atoms with Gasteiger partial charge in [0.15, 0.2) is 0 Å². The lowest BCUT2D eigenvalue weighted by molar-refractivity contribution is 0.0130. The number of rotatable bonds is 7. The molecular formula is C16H17NO4. The molecule has 0 radical (unpaired) electrons. The number of para-hydroxylation sites is 1. The van der Waals surface area contributed by atoms with Crippen LogP contribution in [0, 0.1) is 0 Å². The van der Waals surface area contributed by atoms with Gasteiger partial charge in [0, 0.05) is 0 Å². The third-order valence-corrected chi connectivity index (χ3v) is 2.57. The van der Waals surface area contributed by atoms with Crippen molar-refractivity contribution in [1.82, 2.24) is 5.48 Å². The van der Waals surface area contributed by atoms with Gasteiger partial charge in [0.1, 0.15) is 25.6 Å². The van der Waals surface area contributed by atoms with E-state index >= 15 is 0 Å². The molecule has 0 saturated carbocycles. The van der Waals surface area contributed by atoms with Crippen molar-refractivity contribution in [3.05, 3.63) is 66.2 Å². The zero-order chi connectivity index (χ0) is 14.8. The van der Waals surface area contributed by atoms with E-state index < -0.39 is 6.09 Å². The number of benzene rings is 2. The fraction of sp³-hybridized carbons (Fsp3) is 0.188. The van der Waals surface area contributed by atoms with Gasteiger partial charge in [-0.15, -0.1) is 0 Å². The molecule has 1 N–H and O–H groups in total. The standard InChI is InChI=1S/C16H17NO4/c18-16(20-13-14-7-3-1-4-8-14)17-21-12-11-19-15-9-5-2-6-10-15/h1-10H,11-13H2,(H,17,18). The molecule has 2 rings (SSSR count). The minimum absolute atomic E-state index is 0.205. The lowest BCUT2D eigenvalue weighted by Gasteiger charge is -2.08. The summed E-state index contributed by atoms with van der Waals surface area (Å²) in [5, 5.41) is 0. The van der Waals surface area contributed by atoms with Crippen molar-refractivity contribution in [2.45, 2.75) is 6.61 Å². The molecule has 0 heterocycles. The third-order valence-electron chi connectivity index (χ3n) is 2.57. The summed E-state index contributed by atoms with van der Waals surface area (Å²) in [4.78, 5) is 16.3. The molecule has 0 aromatic heterocycles. The topological polar surface area (TPSA) is 56.8 Å². The van der Waals surface area contributed by atoms with E-state index in [0.717, 1.165) is 11.3 Å². The molecule has 0 aliphatic rings. The van der Waals surface area contributed by atoms with Crippen LogP contribution in [0.4, 0.5) is 4.79 Å². The first-order valence-electron chi connectivity index (χ1n) is 6.61. The Balaban J connectivity index is 1.53. The van der Waals surface area contributed by atoms with Crippen LogP contribution in [0.1, 0.15) is 5.56 Å². The Morgan fingerprint density at radius 2 is 1.57 bits per heavy atom. The molecule has 0 saturated heterocycles. The van der Waals surface area contributed by atoms with Gasteiger partial charge in [0.05, 0.1) is 0 Å². The van der Waals surface area contributed by atoms with Crippen molar-refractivity contribution in [2.75, 3.05) is 13.2 Å². The molecule has 0 bridgehead atoms. The van der Waals surface area contributed by atoms with Crippen LogP contribution in [0.25, 0.3) is 0 Å². The highest BCUT2D eigenvalue weighted by Gasteiger charge is 2.02. The average molecular weight is 287 g/mol. The van der Waals surface area contributed by atoms with E-state index in [2.05, 4.69) is 5.48 Å². The molecule has 0 spiro atoms. The SMILES string of the molecule is O=C(NOCCOc1ccccc1)OCc1ccccc1. The molecule has 0 unspecified atom stereocenters. The first kappa shape index (κ1) is 14.9. The molecule has 5 heteroatoms. The summed E-state index contributed by atoms with van der Waals surface area (Å²) < 4.78 is 10.4. The Bertz CT molecular complexity index is 530. The average Bonchev–Trinajstić information content (AvgIpc) is 2.54. The van der Waals surface area contributed by atoms with Gasteiger partial charge >= 0.3 is 6.09 Å². The molecule has 1 amide bonds. The van der Waals surface area contributed by atoms with Crippen LogP contribution in [0.15, 0.2) is 60.7 Å². The van der Waals surface area contributed by atoms with E-state index in [1.165, 1.54) is 0 Å². The van der Waals surface area contributed by atoms with Crippen LogP contribution in [-0.4, -0.2) is 19.3 Å². The van der Waals surface area contributed by atoms with Gasteiger partial charge < -0.3 is 9.47 Å². The Morgan fingerprint density at radius 3 is 2.29 bits per heavy atom. The smallest absolute Gasteiger partial charge is 0.431 e. The summed E-state index contributed by atoms with van der Waals surface area (Å²) in [6, 6.07) is 18.8. The van der Waals surface area contributed by atoms with Crippen molar-refractivity contribution in [2.24, 2.45) is 0 Å². The number of hydrogen-bond donors (Lipinski definition) is 1. The normalized spacial score (nSPS) is 9.90. The lowest BCUT2D eigenvalue weighted by atomic mass is 10.2. The summed E-state index contributed by atoms with van der Waals surface area (Å²) in [5.41, 5.74) is 3.11. The van der Waals surface area contributed by atoms with Crippen molar-refractivity contribution >= 4 is 6.09 Å². The Morgan fingerprint density at radius 1 is 0.905 bits per heavy atom. The Labute approximate surface area is 123 Å². The highest BCUT2D eigenvalue weighted by molar-refractivity contribution is 5.65. The second kappa shape index (κ2) is 8.60. The number of carbonyl (C=O) groups is 1. The van der Waals surface area contributed by atoms with E-state index in [1.54, 1.807) is 0 Å². The Kier molecular flexibility index (Phi) is 6.09. The van der Waals surface area contributed by atoms with E-state index in [0.29, 0.717) is 6.61 Å². The van der Waals surface area contributed by atoms with Crippen LogP contribution >= 0.6 is 0 Å². The number of hydroxylamine groups is 1. The molecular weight excluding hydrogens is 270 g/mol. The fourth-order valence-corrected chi connectivity index (χ4v) is 1.58. The molecule has 0 aliphatic heterocycles. The fourth-order valence-electron chi connectivity index (χ4n) is 1.58. The first-order valence-corrected chi connectivity index (χ1v) is 6.61. The van der Waals surface area contributed by atoms with Crippen LogP contribution < -0.4 is 10.2 Å². The van der Waals surface area contributed by atoms with Crippen LogP contribution in [0.3, 0.4) is 0 Å². The van der Waals surface area contributed by atoms with Gasteiger partial charge in [-0.3, -0.25) is 4.84 Å². The second-order valence-electron chi connectivity index (χ2n) is 4.17. The zero-order valence-electron chi connectivity index (χ0n) is 11.5. The summed E-state index contributed by atoms with van der Waals surface area (Å²) >= 11 is 0.